The zero-order chi connectivity index (χ0) is 25.1. The molecule has 36 heavy (non-hydrogen) atoms. The van der Waals surface area contributed by atoms with Crippen molar-refractivity contribution in [1.82, 2.24) is 19.8 Å². The van der Waals surface area contributed by atoms with Crippen molar-refractivity contribution in [2.75, 3.05) is 11.9 Å². The Hall–Kier alpha value is -4.04. The first-order valence-corrected chi connectivity index (χ1v) is 12.2. The maximum absolute atomic E-state index is 13.6. The molecule has 0 unspecified atom stereocenters. The lowest BCUT2D eigenvalue weighted by Crippen LogP contribution is -2.33. The lowest BCUT2D eigenvalue weighted by molar-refractivity contribution is -0.116. The number of benzene rings is 2. The summed E-state index contributed by atoms with van der Waals surface area (Å²) < 4.78 is 15.6. The molecular formula is C28H26FN5OS. The van der Waals surface area contributed by atoms with Crippen LogP contribution in [0.1, 0.15) is 35.5 Å². The van der Waals surface area contributed by atoms with E-state index in [2.05, 4.69) is 15.6 Å². The molecular weight excluding hydrogens is 473 g/mol. The number of aromatic nitrogens is 2. The number of carbonyl (C=O) groups is 1. The number of hydrogen-bond donors (Lipinski definition) is 2. The normalized spacial score (nSPS) is 17.2. The van der Waals surface area contributed by atoms with E-state index in [0.717, 1.165) is 28.3 Å². The van der Waals surface area contributed by atoms with Gasteiger partial charge in [-0.2, -0.15) is 0 Å². The van der Waals surface area contributed by atoms with Gasteiger partial charge in [0.25, 0.3) is 0 Å². The summed E-state index contributed by atoms with van der Waals surface area (Å²) in [6.45, 7) is 2.39. The predicted octanol–water partition coefficient (Wildman–Crippen LogP) is 5.32. The van der Waals surface area contributed by atoms with Crippen LogP contribution < -0.4 is 10.6 Å². The third-order valence-corrected chi connectivity index (χ3v) is 6.74. The Labute approximate surface area is 214 Å². The summed E-state index contributed by atoms with van der Waals surface area (Å²) in [5.74, 6) is -0.370. The molecule has 0 saturated carbocycles. The minimum absolute atomic E-state index is 0.0824. The molecule has 8 heteroatoms. The number of halogens is 1. The van der Waals surface area contributed by atoms with E-state index >= 15 is 0 Å². The van der Waals surface area contributed by atoms with Crippen LogP contribution in [0.2, 0.25) is 0 Å². The number of amides is 1. The molecule has 182 valence electrons. The third kappa shape index (κ3) is 4.85. The number of thiocarbonyl (C=S) groups is 1. The molecule has 6 nitrogen and oxygen atoms in total. The quantitative estimate of drug-likeness (QED) is 0.337. The minimum Gasteiger partial charge on any atom is -0.352 e. The molecule has 1 saturated heterocycles. The summed E-state index contributed by atoms with van der Waals surface area (Å²) in [5.41, 5.74) is 4.46. The van der Waals surface area contributed by atoms with Gasteiger partial charge >= 0.3 is 0 Å². The van der Waals surface area contributed by atoms with Gasteiger partial charge in [0.2, 0.25) is 5.91 Å². The summed E-state index contributed by atoms with van der Waals surface area (Å²) in [6, 6.07) is 23.4. The topological polar surface area (TPSA) is 62.2 Å². The molecule has 3 heterocycles. The van der Waals surface area contributed by atoms with Gasteiger partial charge in [0.15, 0.2) is 5.11 Å². The number of rotatable bonds is 7. The Kier molecular flexibility index (Phi) is 6.77. The second-order valence-corrected chi connectivity index (χ2v) is 9.10. The molecule has 2 aromatic heterocycles. The molecule has 0 radical (unpaired) electrons. The van der Waals surface area contributed by atoms with Crippen molar-refractivity contribution in [3.05, 3.63) is 114 Å². The van der Waals surface area contributed by atoms with E-state index in [-0.39, 0.29) is 30.2 Å². The fourth-order valence-electron chi connectivity index (χ4n) is 4.59. The molecule has 2 aromatic carbocycles. The van der Waals surface area contributed by atoms with Gasteiger partial charge in [-0.1, -0.05) is 24.3 Å². The lowest BCUT2D eigenvalue weighted by Gasteiger charge is -2.29. The number of pyridine rings is 1. The predicted molar refractivity (Wildman–Crippen MR) is 142 cm³/mol. The number of nitrogens with zero attached hydrogens (tertiary/aromatic N) is 3. The largest absolute Gasteiger partial charge is 0.352 e. The van der Waals surface area contributed by atoms with E-state index in [9.17, 15) is 9.18 Å². The van der Waals surface area contributed by atoms with E-state index in [4.69, 9.17) is 12.2 Å². The van der Waals surface area contributed by atoms with E-state index in [1.54, 1.807) is 18.3 Å². The van der Waals surface area contributed by atoms with E-state index < -0.39 is 0 Å². The highest BCUT2D eigenvalue weighted by atomic mass is 32.1. The first-order chi connectivity index (χ1) is 17.5. The van der Waals surface area contributed by atoms with Gasteiger partial charge in [-0.25, -0.2) is 4.39 Å². The smallest absolute Gasteiger partial charge is 0.226 e. The third-order valence-electron chi connectivity index (χ3n) is 6.38. The first kappa shape index (κ1) is 23.7. The van der Waals surface area contributed by atoms with Crippen LogP contribution in [-0.4, -0.2) is 32.0 Å². The molecule has 2 N–H and O–H groups in total. The molecule has 0 aliphatic carbocycles. The number of anilines is 1. The number of carbonyl (C=O) groups excluding carboxylic acids is 1. The van der Waals surface area contributed by atoms with Crippen LogP contribution in [0.15, 0.2) is 91.3 Å². The maximum atomic E-state index is 13.6. The highest BCUT2D eigenvalue weighted by Gasteiger charge is 2.41. The average molecular weight is 500 g/mol. The molecule has 1 fully saturated rings. The fourth-order valence-corrected chi connectivity index (χ4v) is 4.92. The van der Waals surface area contributed by atoms with Gasteiger partial charge in [-0.3, -0.25) is 9.78 Å². The van der Waals surface area contributed by atoms with Crippen molar-refractivity contribution in [3.8, 4) is 5.69 Å². The summed E-state index contributed by atoms with van der Waals surface area (Å²) in [7, 11) is 0. The van der Waals surface area contributed by atoms with Crippen LogP contribution in [0.3, 0.4) is 0 Å². The number of hydrogen-bond acceptors (Lipinski definition) is 3. The monoisotopic (exact) mass is 499 g/mol. The van der Waals surface area contributed by atoms with Gasteiger partial charge < -0.3 is 20.1 Å². The zero-order valence-corrected chi connectivity index (χ0v) is 20.6. The van der Waals surface area contributed by atoms with Crippen molar-refractivity contribution in [2.24, 2.45) is 0 Å². The Morgan fingerprint density at radius 2 is 1.83 bits per heavy atom. The molecule has 0 bridgehead atoms. The number of para-hydroxylation sites is 1. The number of aryl methyl sites for hydroxylation is 1. The van der Waals surface area contributed by atoms with Crippen LogP contribution in [0.5, 0.6) is 0 Å². The molecule has 0 spiro atoms. The second-order valence-electron chi connectivity index (χ2n) is 8.71. The van der Waals surface area contributed by atoms with Crippen LogP contribution in [0.4, 0.5) is 10.1 Å². The van der Waals surface area contributed by atoms with Crippen molar-refractivity contribution >= 4 is 28.9 Å². The molecule has 2 atom stereocenters. The molecule has 1 aliphatic heterocycles. The van der Waals surface area contributed by atoms with Crippen molar-refractivity contribution in [2.45, 2.75) is 25.4 Å². The van der Waals surface area contributed by atoms with Gasteiger partial charge in [0.1, 0.15) is 5.82 Å². The minimum atomic E-state index is -0.288. The Morgan fingerprint density at radius 3 is 2.58 bits per heavy atom. The van der Waals surface area contributed by atoms with Gasteiger partial charge in [-0.05, 0) is 79.3 Å². The van der Waals surface area contributed by atoms with E-state index in [1.165, 1.54) is 12.1 Å². The van der Waals surface area contributed by atoms with Crippen LogP contribution in [-0.2, 0) is 4.79 Å². The van der Waals surface area contributed by atoms with Crippen LogP contribution in [0.25, 0.3) is 5.69 Å². The zero-order valence-electron chi connectivity index (χ0n) is 19.8. The highest BCUT2D eigenvalue weighted by Crippen LogP contribution is 2.39. The van der Waals surface area contributed by atoms with Gasteiger partial charge in [-0.15, -0.1) is 0 Å². The van der Waals surface area contributed by atoms with Gasteiger partial charge in [0.05, 0.1) is 17.8 Å². The van der Waals surface area contributed by atoms with Crippen molar-refractivity contribution in [1.29, 1.82) is 0 Å². The van der Waals surface area contributed by atoms with Crippen molar-refractivity contribution < 1.29 is 9.18 Å². The summed E-state index contributed by atoms with van der Waals surface area (Å²) in [6.07, 6.45) is 3.97. The molecule has 1 aliphatic rings. The summed E-state index contributed by atoms with van der Waals surface area (Å²) >= 11 is 5.74. The summed E-state index contributed by atoms with van der Waals surface area (Å²) in [4.78, 5) is 19.5. The second kappa shape index (κ2) is 10.3. The Bertz CT molecular complexity index is 1370. The Balaban J connectivity index is 1.44. The van der Waals surface area contributed by atoms with Crippen LogP contribution >= 0.6 is 12.2 Å². The average Bonchev–Trinajstić information content (AvgIpc) is 3.49. The van der Waals surface area contributed by atoms with Crippen molar-refractivity contribution in [3.63, 3.8) is 0 Å². The van der Waals surface area contributed by atoms with Gasteiger partial charge in [0, 0.05) is 42.4 Å². The molecule has 1 amide bonds. The van der Waals surface area contributed by atoms with Crippen LogP contribution in [0, 0.1) is 12.7 Å². The fraction of sp³-hybridized carbons (Fsp3) is 0.179. The lowest BCUT2D eigenvalue weighted by atomic mass is 10.0. The molecule has 5 rings (SSSR count). The Morgan fingerprint density at radius 1 is 1.06 bits per heavy atom. The molecule has 4 aromatic rings. The first-order valence-electron chi connectivity index (χ1n) is 11.8. The summed E-state index contributed by atoms with van der Waals surface area (Å²) in [5, 5.41) is 6.98. The number of nitrogens with one attached hydrogen (secondary N) is 2. The SMILES string of the molecule is Cc1ccccc1NC(=O)CCN1C(=S)N[C@@H](c2ccccn2)[C@@H]1c1cccn1-c1ccc(F)cc1. The van der Waals surface area contributed by atoms with E-state index in [1.807, 2.05) is 77.2 Å². The van der Waals surface area contributed by atoms with E-state index in [0.29, 0.717) is 11.7 Å². The standard InChI is InChI=1S/C28H26FN5OS/c1-19-7-2-3-8-22(19)31-25(35)15-18-34-27(26(32-28(34)36)23-9-4-5-16-30-23)24-10-6-17-33(24)21-13-11-20(29)12-14-21/h2-14,16-17,26-27H,15,18H2,1H3,(H,31,35)(H,32,36)/t26-,27-/m0/s1. The highest BCUT2D eigenvalue weighted by molar-refractivity contribution is 7.80. The maximum Gasteiger partial charge on any atom is 0.226 e.